The highest BCUT2D eigenvalue weighted by molar-refractivity contribution is 6.05. The highest BCUT2D eigenvalue weighted by atomic mass is 16.5. The van der Waals surface area contributed by atoms with Crippen LogP contribution < -0.4 is 30.5 Å². The molecule has 3 aromatic carbocycles. The van der Waals surface area contributed by atoms with Gasteiger partial charge in [0.1, 0.15) is 5.75 Å². The molecule has 2 aromatic heterocycles. The van der Waals surface area contributed by atoms with Gasteiger partial charge in [0.25, 0.3) is 0 Å². The van der Waals surface area contributed by atoms with Crippen molar-refractivity contribution in [1.29, 1.82) is 0 Å². The van der Waals surface area contributed by atoms with Crippen molar-refractivity contribution in [3.8, 4) is 17.0 Å². The van der Waals surface area contributed by atoms with Gasteiger partial charge in [-0.05, 0) is 49.0 Å². The average Bonchev–Trinajstić information content (AvgIpc) is 3.47. The van der Waals surface area contributed by atoms with E-state index < -0.39 is 6.03 Å². The number of rotatable bonds is 13. The third-order valence-electron chi connectivity index (χ3n) is 8.79. The van der Waals surface area contributed by atoms with Crippen LogP contribution in [-0.2, 0) is 23.2 Å². The second-order valence-corrected chi connectivity index (χ2v) is 12.4. The monoisotopic (exact) mass is 687 g/mol. The van der Waals surface area contributed by atoms with Gasteiger partial charge in [-0.25, -0.2) is 14.8 Å². The zero-order valence-electron chi connectivity index (χ0n) is 29.1. The van der Waals surface area contributed by atoms with E-state index in [1.54, 1.807) is 24.3 Å². The van der Waals surface area contributed by atoms with Crippen LogP contribution in [0.4, 0.5) is 33.5 Å². The number of carbonyl (C=O) groups is 3. The minimum Gasteiger partial charge on any atom is -0.494 e. The number of fused-ring (bicyclic) bond motifs is 1. The lowest BCUT2D eigenvalue weighted by molar-refractivity contribution is -0.120. The summed E-state index contributed by atoms with van der Waals surface area (Å²) in [5.41, 5.74) is 6.53. The van der Waals surface area contributed by atoms with E-state index in [4.69, 9.17) is 9.72 Å². The number of methoxy groups -OCH3 is 1. The van der Waals surface area contributed by atoms with Crippen molar-refractivity contribution >= 4 is 57.4 Å². The molecule has 0 radical (unpaired) electrons. The van der Waals surface area contributed by atoms with Crippen LogP contribution in [0, 0.1) is 0 Å². The van der Waals surface area contributed by atoms with E-state index >= 15 is 0 Å². The lowest BCUT2D eigenvalue weighted by Crippen LogP contribution is -2.49. The van der Waals surface area contributed by atoms with Crippen LogP contribution in [0.15, 0.2) is 91.8 Å². The quantitative estimate of drug-likeness (QED) is 0.137. The SMILES string of the molecule is C=CC(=O)Nc1cc(Nc2nccc(-c3cn(C)c4ccccc34)n2)c(OC)cc1N(C)CCN(C)Cc1cccc(N2CCC(=O)NC2=O)c1. The highest BCUT2D eigenvalue weighted by Gasteiger charge is 2.24. The number of amides is 4. The van der Waals surface area contributed by atoms with Crippen molar-refractivity contribution in [1.82, 2.24) is 24.8 Å². The molecule has 0 aliphatic carbocycles. The summed E-state index contributed by atoms with van der Waals surface area (Å²) in [4.78, 5) is 51.6. The fourth-order valence-corrected chi connectivity index (χ4v) is 6.14. The Morgan fingerprint density at radius 3 is 2.67 bits per heavy atom. The van der Waals surface area contributed by atoms with Gasteiger partial charge in [-0.15, -0.1) is 0 Å². The van der Waals surface area contributed by atoms with Crippen LogP contribution in [0.3, 0.4) is 0 Å². The van der Waals surface area contributed by atoms with Gasteiger partial charge in [-0.2, -0.15) is 0 Å². The fourth-order valence-electron chi connectivity index (χ4n) is 6.14. The molecule has 1 aliphatic heterocycles. The third-order valence-corrected chi connectivity index (χ3v) is 8.79. The first-order valence-electron chi connectivity index (χ1n) is 16.5. The molecule has 6 rings (SSSR count). The molecule has 0 spiro atoms. The predicted molar refractivity (Wildman–Crippen MR) is 201 cm³/mol. The van der Waals surface area contributed by atoms with Gasteiger partial charge < -0.3 is 29.7 Å². The van der Waals surface area contributed by atoms with Crippen LogP contribution >= 0.6 is 0 Å². The summed E-state index contributed by atoms with van der Waals surface area (Å²) in [6.45, 7) is 5.92. The zero-order valence-corrected chi connectivity index (χ0v) is 29.1. The Balaban J connectivity index is 1.18. The summed E-state index contributed by atoms with van der Waals surface area (Å²) >= 11 is 0. The summed E-state index contributed by atoms with van der Waals surface area (Å²) in [5, 5.41) is 9.70. The average molecular weight is 688 g/mol. The summed E-state index contributed by atoms with van der Waals surface area (Å²) < 4.78 is 7.88. The van der Waals surface area contributed by atoms with E-state index in [1.807, 2.05) is 74.6 Å². The number of aryl methyl sites for hydroxylation is 1. The number of aromatic nitrogens is 3. The summed E-state index contributed by atoms with van der Waals surface area (Å²) in [6, 6.07) is 21.1. The second kappa shape index (κ2) is 15.1. The van der Waals surface area contributed by atoms with Gasteiger partial charge in [0.05, 0.1) is 29.9 Å². The maximum atomic E-state index is 12.6. The molecule has 262 valence electrons. The van der Waals surface area contributed by atoms with Gasteiger partial charge in [-0.3, -0.25) is 19.8 Å². The normalized spacial score (nSPS) is 12.9. The van der Waals surface area contributed by atoms with Gasteiger partial charge in [0.2, 0.25) is 17.8 Å². The molecule has 5 aromatic rings. The number of anilines is 5. The number of nitrogens with zero attached hydrogens (tertiary/aromatic N) is 6. The number of urea groups is 1. The largest absolute Gasteiger partial charge is 0.494 e. The van der Waals surface area contributed by atoms with Crippen LogP contribution in [0.1, 0.15) is 12.0 Å². The Labute approximate surface area is 296 Å². The summed E-state index contributed by atoms with van der Waals surface area (Å²) in [6.07, 6.45) is 5.26. The summed E-state index contributed by atoms with van der Waals surface area (Å²) in [5.74, 6) is 0.310. The number of imide groups is 1. The van der Waals surface area contributed by atoms with Crippen LogP contribution in [0.5, 0.6) is 5.75 Å². The minimum absolute atomic E-state index is 0.261. The van der Waals surface area contributed by atoms with E-state index in [2.05, 4.69) is 55.3 Å². The van der Waals surface area contributed by atoms with Crippen molar-refractivity contribution in [2.75, 3.05) is 61.3 Å². The molecular formula is C38H41N9O4. The van der Waals surface area contributed by atoms with Gasteiger partial charge in [0, 0.05) is 87.3 Å². The van der Waals surface area contributed by atoms with Gasteiger partial charge in [-0.1, -0.05) is 36.9 Å². The molecule has 1 saturated heterocycles. The van der Waals surface area contributed by atoms with E-state index in [0.29, 0.717) is 49.3 Å². The van der Waals surface area contributed by atoms with E-state index in [1.165, 1.54) is 6.08 Å². The molecule has 0 atom stereocenters. The molecular weight excluding hydrogens is 646 g/mol. The maximum absolute atomic E-state index is 12.6. The first kappa shape index (κ1) is 34.6. The number of para-hydroxylation sites is 1. The van der Waals surface area contributed by atoms with Crippen LogP contribution in [0.25, 0.3) is 22.2 Å². The van der Waals surface area contributed by atoms with Gasteiger partial charge in [0.15, 0.2) is 0 Å². The number of carbonyl (C=O) groups excluding carboxylic acids is 3. The van der Waals surface area contributed by atoms with E-state index in [-0.39, 0.29) is 18.2 Å². The Kier molecular flexibility index (Phi) is 10.3. The minimum atomic E-state index is -0.406. The number of hydrogen-bond donors (Lipinski definition) is 3. The van der Waals surface area contributed by atoms with Crippen LogP contribution in [-0.4, -0.2) is 78.1 Å². The Hall–Kier alpha value is -6.21. The number of ether oxygens (including phenoxy) is 1. The third kappa shape index (κ3) is 7.84. The molecule has 3 heterocycles. The predicted octanol–water partition coefficient (Wildman–Crippen LogP) is 5.53. The van der Waals surface area contributed by atoms with Crippen molar-refractivity contribution < 1.29 is 19.1 Å². The molecule has 51 heavy (non-hydrogen) atoms. The Bertz CT molecular complexity index is 2110. The first-order chi connectivity index (χ1) is 24.6. The van der Waals surface area contributed by atoms with E-state index in [9.17, 15) is 14.4 Å². The van der Waals surface area contributed by atoms with Crippen molar-refractivity contribution in [2.24, 2.45) is 7.05 Å². The molecule has 13 nitrogen and oxygen atoms in total. The molecule has 0 bridgehead atoms. The number of benzene rings is 3. The topological polar surface area (TPSA) is 137 Å². The Morgan fingerprint density at radius 1 is 1.06 bits per heavy atom. The highest BCUT2D eigenvalue weighted by Crippen LogP contribution is 2.38. The maximum Gasteiger partial charge on any atom is 0.328 e. The molecule has 1 aliphatic rings. The van der Waals surface area contributed by atoms with Crippen molar-refractivity contribution in [2.45, 2.75) is 13.0 Å². The van der Waals surface area contributed by atoms with Crippen molar-refractivity contribution in [3.05, 3.63) is 97.3 Å². The smallest absolute Gasteiger partial charge is 0.328 e. The fraction of sp³-hybridized carbons (Fsp3) is 0.237. The standard InChI is InChI=1S/C38H41N9O4/c1-6-35(48)40-30-21-31(42-37-39-16-14-29(41-37)28-24-46(4)32-13-8-7-12-27(28)32)34(51-5)22-33(30)45(3)19-18-44(2)23-25-10-9-11-26(20-25)47-17-15-36(49)43-38(47)50/h6-14,16,20-22,24H,1,15,17-19,23H2,2-5H3,(H,40,48)(H,39,41,42)(H,43,49,50). The first-order valence-corrected chi connectivity index (χ1v) is 16.5. The van der Waals surface area contributed by atoms with Crippen LogP contribution in [0.2, 0.25) is 0 Å². The Morgan fingerprint density at radius 2 is 1.88 bits per heavy atom. The molecule has 13 heteroatoms. The molecule has 3 N–H and O–H groups in total. The summed E-state index contributed by atoms with van der Waals surface area (Å²) in [7, 11) is 7.57. The second-order valence-electron chi connectivity index (χ2n) is 12.4. The molecule has 4 amide bonds. The zero-order chi connectivity index (χ0) is 36.1. The van der Waals surface area contributed by atoms with E-state index in [0.717, 1.165) is 39.1 Å². The molecule has 0 saturated carbocycles. The number of likely N-dealkylation sites (N-methyl/N-ethyl adjacent to an activating group) is 2. The lowest BCUT2D eigenvalue weighted by atomic mass is 10.1. The molecule has 0 unspecified atom stereocenters. The van der Waals surface area contributed by atoms with Gasteiger partial charge >= 0.3 is 6.03 Å². The number of nitrogens with one attached hydrogen (secondary N) is 3. The lowest BCUT2D eigenvalue weighted by Gasteiger charge is -2.28. The number of hydrogen-bond acceptors (Lipinski definition) is 9. The molecule has 1 fully saturated rings. The van der Waals surface area contributed by atoms with Crippen molar-refractivity contribution in [3.63, 3.8) is 0 Å².